The van der Waals surface area contributed by atoms with Gasteiger partial charge in [0, 0.05) is 17.2 Å². The summed E-state index contributed by atoms with van der Waals surface area (Å²) in [5, 5.41) is 0.418. The van der Waals surface area contributed by atoms with Gasteiger partial charge >= 0.3 is 0 Å². The summed E-state index contributed by atoms with van der Waals surface area (Å²) in [6.45, 7) is 0. The fourth-order valence-corrected chi connectivity index (χ4v) is 1.97. The van der Waals surface area contributed by atoms with Crippen molar-refractivity contribution >= 4 is 11.6 Å². The summed E-state index contributed by atoms with van der Waals surface area (Å²) in [7, 11) is 0. The monoisotopic (exact) mass is 248 g/mol. The molecule has 0 radical (unpaired) electrons. The molecule has 0 unspecified atom stereocenters. The molecule has 1 fully saturated rings. The maximum Gasteiger partial charge on any atom is 0.161 e. The molecule has 1 aliphatic carbocycles. The maximum absolute atomic E-state index is 13.1. The van der Waals surface area contributed by atoms with Gasteiger partial charge in [0.15, 0.2) is 5.82 Å². The molecule has 86 valence electrons. The topological polar surface area (TPSA) is 25.8 Å². The standard InChI is InChI=1S/C13H10ClFN2/c14-12-7-11(8-4-5-8)16-13(17-12)9-2-1-3-10(15)6-9/h1-3,6-8H,4-5H2. The van der Waals surface area contributed by atoms with Gasteiger partial charge < -0.3 is 0 Å². The number of benzene rings is 1. The Morgan fingerprint density at radius 1 is 1.18 bits per heavy atom. The van der Waals surface area contributed by atoms with Gasteiger partial charge in [0.2, 0.25) is 0 Å². The Hall–Kier alpha value is -1.48. The number of rotatable bonds is 2. The second kappa shape index (κ2) is 4.08. The van der Waals surface area contributed by atoms with E-state index in [4.69, 9.17) is 11.6 Å². The average Bonchev–Trinajstić information content (AvgIpc) is 3.12. The third kappa shape index (κ3) is 2.29. The summed E-state index contributed by atoms with van der Waals surface area (Å²) in [6.07, 6.45) is 2.30. The van der Waals surface area contributed by atoms with Gasteiger partial charge in [-0.25, -0.2) is 14.4 Å². The zero-order valence-electron chi connectivity index (χ0n) is 9.03. The van der Waals surface area contributed by atoms with Gasteiger partial charge in [-0.1, -0.05) is 23.7 Å². The molecule has 4 heteroatoms. The van der Waals surface area contributed by atoms with Crippen LogP contribution in [0.3, 0.4) is 0 Å². The predicted octanol–water partition coefficient (Wildman–Crippen LogP) is 3.81. The normalized spacial score (nSPS) is 14.9. The van der Waals surface area contributed by atoms with E-state index in [0.29, 0.717) is 22.5 Å². The smallest absolute Gasteiger partial charge is 0.161 e. The molecule has 1 heterocycles. The first-order valence-corrected chi connectivity index (χ1v) is 5.90. The molecule has 2 aromatic rings. The second-order valence-corrected chi connectivity index (χ2v) is 4.61. The number of nitrogens with zero attached hydrogens (tertiary/aromatic N) is 2. The number of aromatic nitrogens is 2. The van der Waals surface area contributed by atoms with Crippen LogP contribution < -0.4 is 0 Å². The molecule has 0 spiro atoms. The highest BCUT2D eigenvalue weighted by Gasteiger charge is 2.26. The van der Waals surface area contributed by atoms with Crippen molar-refractivity contribution in [1.29, 1.82) is 0 Å². The Morgan fingerprint density at radius 2 is 2.00 bits per heavy atom. The van der Waals surface area contributed by atoms with E-state index in [2.05, 4.69) is 9.97 Å². The zero-order chi connectivity index (χ0) is 11.8. The fraction of sp³-hybridized carbons (Fsp3) is 0.231. The van der Waals surface area contributed by atoms with Crippen LogP contribution in [0.15, 0.2) is 30.3 Å². The Morgan fingerprint density at radius 3 is 2.71 bits per heavy atom. The van der Waals surface area contributed by atoms with Crippen molar-refractivity contribution in [3.8, 4) is 11.4 Å². The largest absolute Gasteiger partial charge is 0.233 e. The van der Waals surface area contributed by atoms with Crippen molar-refractivity contribution in [3.05, 3.63) is 47.0 Å². The van der Waals surface area contributed by atoms with Crippen LogP contribution in [0.5, 0.6) is 0 Å². The third-order valence-electron chi connectivity index (χ3n) is 2.79. The van der Waals surface area contributed by atoms with E-state index < -0.39 is 0 Å². The van der Waals surface area contributed by atoms with Crippen LogP contribution in [0.1, 0.15) is 24.5 Å². The Labute approximate surface area is 103 Å². The summed E-state index contributed by atoms with van der Waals surface area (Å²) in [5.41, 5.74) is 1.62. The van der Waals surface area contributed by atoms with Gasteiger partial charge in [-0.3, -0.25) is 0 Å². The molecule has 2 nitrogen and oxygen atoms in total. The summed E-state index contributed by atoms with van der Waals surface area (Å²) in [5.74, 6) is 0.709. The predicted molar refractivity (Wildman–Crippen MR) is 64.4 cm³/mol. The molecule has 1 aromatic carbocycles. The lowest BCUT2D eigenvalue weighted by Gasteiger charge is -2.04. The third-order valence-corrected chi connectivity index (χ3v) is 2.99. The molecule has 1 aromatic heterocycles. The average molecular weight is 249 g/mol. The van der Waals surface area contributed by atoms with Gasteiger partial charge in [0.25, 0.3) is 0 Å². The molecule has 1 saturated carbocycles. The highest BCUT2D eigenvalue weighted by Crippen LogP contribution is 2.40. The van der Waals surface area contributed by atoms with Gasteiger partial charge in [-0.2, -0.15) is 0 Å². The number of halogens is 2. The molecular formula is C13H10ClFN2. The van der Waals surface area contributed by atoms with E-state index in [1.807, 2.05) is 0 Å². The van der Waals surface area contributed by atoms with Crippen LogP contribution >= 0.6 is 11.6 Å². The first-order chi connectivity index (χ1) is 8.22. The van der Waals surface area contributed by atoms with Gasteiger partial charge in [0.05, 0.1) is 0 Å². The molecule has 0 atom stereocenters. The lowest BCUT2D eigenvalue weighted by molar-refractivity contribution is 0.628. The summed E-state index contributed by atoms with van der Waals surface area (Å²) in [4.78, 5) is 8.59. The maximum atomic E-state index is 13.1. The first-order valence-electron chi connectivity index (χ1n) is 5.53. The van der Waals surface area contributed by atoms with E-state index in [1.165, 1.54) is 12.1 Å². The quantitative estimate of drug-likeness (QED) is 0.755. The summed E-state index contributed by atoms with van der Waals surface area (Å²) < 4.78 is 13.1. The lowest BCUT2D eigenvalue weighted by atomic mass is 10.2. The van der Waals surface area contributed by atoms with Crippen LogP contribution in [-0.2, 0) is 0 Å². The molecule has 0 saturated heterocycles. The Balaban J connectivity index is 2.07. The van der Waals surface area contributed by atoms with Crippen molar-refractivity contribution in [2.24, 2.45) is 0 Å². The SMILES string of the molecule is Fc1cccc(-c2nc(Cl)cc(C3CC3)n2)c1. The first kappa shape index (κ1) is 10.7. The molecule has 0 bridgehead atoms. The van der Waals surface area contributed by atoms with Crippen LogP contribution in [0, 0.1) is 5.82 Å². The molecule has 0 amide bonds. The van der Waals surface area contributed by atoms with Gasteiger partial charge in [-0.05, 0) is 31.0 Å². The van der Waals surface area contributed by atoms with Crippen LogP contribution in [0.25, 0.3) is 11.4 Å². The fourth-order valence-electron chi connectivity index (χ4n) is 1.78. The Bertz CT molecular complexity index is 567. The van der Waals surface area contributed by atoms with Crippen LogP contribution in [0.4, 0.5) is 4.39 Å². The van der Waals surface area contributed by atoms with E-state index in [9.17, 15) is 4.39 Å². The minimum Gasteiger partial charge on any atom is -0.233 e. The number of hydrogen-bond donors (Lipinski definition) is 0. The minimum atomic E-state index is -0.293. The second-order valence-electron chi connectivity index (χ2n) is 4.22. The summed E-state index contributed by atoms with van der Waals surface area (Å²) in [6, 6.07) is 8.04. The van der Waals surface area contributed by atoms with Crippen molar-refractivity contribution in [2.75, 3.05) is 0 Å². The van der Waals surface area contributed by atoms with E-state index in [1.54, 1.807) is 18.2 Å². The van der Waals surface area contributed by atoms with Crippen molar-refractivity contribution in [3.63, 3.8) is 0 Å². The highest BCUT2D eigenvalue weighted by molar-refractivity contribution is 6.29. The molecule has 3 rings (SSSR count). The van der Waals surface area contributed by atoms with Crippen LogP contribution in [0.2, 0.25) is 5.15 Å². The Kier molecular flexibility index (Phi) is 2.56. The van der Waals surface area contributed by atoms with E-state index in [0.717, 1.165) is 18.5 Å². The minimum absolute atomic E-state index is 0.293. The highest BCUT2D eigenvalue weighted by atomic mass is 35.5. The molecule has 0 aliphatic heterocycles. The molecule has 17 heavy (non-hydrogen) atoms. The van der Waals surface area contributed by atoms with E-state index in [-0.39, 0.29) is 5.82 Å². The van der Waals surface area contributed by atoms with E-state index >= 15 is 0 Å². The molecule has 0 N–H and O–H groups in total. The van der Waals surface area contributed by atoms with Crippen molar-refractivity contribution in [1.82, 2.24) is 9.97 Å². The van der Waals surface area contributed by atoms with Crippen LogP contribution in [-0.4, -0.2) is 9.97 Å². The molecular weight excluding hydrogens is 239 g/mol. The zero-order valence-corrected chi connectivity index (χ0v) is 9.78. The van der Waals surface area contributed by atoms with Gasteiger partial charge in [-0.15, -0.1) is 0 Å². The molecule has 1 aliphatic rings. The van der Waals surface area contributed by atoms with Crippen molar-refractivity contribution < 1.29 is 4.39 Å². The summed E-state index contributed by atoms with van der Waals surface area (Å²) >= 11 is 5.97. The lowest BCUT2D eigenvalue weighted by Crippen LogP contribution is -1.95. The number of hydrogen-bond acceptors (Lipinski definition) is 2. The van der Waals surface area contributed by atoms with Crippen molar-refractivity contribution in [2.45, 2.75) is 18.8 Å². The van der Waals surface area contributed by atoms with Gasteiger partial charge in [0.1, 0.15) is 11.0 Å².